The number of primary amides is 1. The number of nitrogens with one attached hydrogen (secondary N) is 5. The number of ether oxygens (including phenoxy) is 4. The highest BCUT2D eigenvalue weighted by molar-refractivity contribution is 6.32. The molecule has 0 radical (unpaired) electrons. The summed E-state index contributed by atoms with van der Waals surface area (Å²) in [6.45, 7) is 2.98. The van der Waals surface area contributed by atoms with E-state index in [2.05, 4.69) is 26.6 Å². The van der Waals surface area contributed by atoms with Crippen molar-refractivity contribution in [3.8, 4) is 45.6 Å². The average Bonchev–Trinajstić information content (AvgIpc) is 0.793. The number of aliphatic hydroxyl groups excluding tert-OH is 3. The molecule has 6 aliphatic rings. The molecule has 5 aromatic rings. The van der Waals surface area contributed by atoms with E-state index < -0.39 is 174 Å². The van der Waals surface area contributed by atoms with Crippen molar-refractivity contribution in [1.29, 1.82) is 0 Å². The third-order valence-corrected chi connectivity index (χ3v) is 16.9. The van der Waals surface area contributed by atoms with E-state index >= 15 is 14.4 Å². The number of halogens is 2. The Morgan fingerprint density at radius 1 is 0.783 bits per heavy atom. The molecule has 92 heavy (non-hydrogen) atoms. The number of fused-ring (bicyclic) bond motifs is 15. The first-order valence-electron chi connectivity index (χ1n) is 29.1. The molecule has 29 heteroatoms. The summed E-state index contributed by atoms with van der Waals surface area (Å²) in [6.07, 6.45) is -8.96. The van der Waals surface area contributed by atoms with Crippen LogP contribution in [0.25, 0.3) is 11.1 Å². The number of hydrogen-bond donors (Lipinski definition) is 13. The average molecular weight is 1310 g/mol. The minimum absolute atomic E-state index is 0.00664. The lowest BCUT2D eigenvalue weighted by atomic mass is 9.84. The monoisotopic (exact) mass is 1310 g/mol. The van der Waals surface area contributed by atoms with Crippen LogP contribution in [0.4, 0.5) is 4.79 Å². The number of Topliss-reactive ketones (excluding diaryl/α,β-unsaturated/α-hetero) is 1. The number of aliphatic carboxylic acids is 1. The van der Waals surface area contributed by atoms with Gasteiger partial charge in [0.25, 0.3) is 0 Å². The molecule has 0 saturated carbocycles. The molecule has 11 rings (SSSR count). The third-order valence-electron chi connectivity index (χ3n) is 16.2. The molecule has 0 unspecified atom stereocenters. The van der Waals surface area contributed by atoms with E-state index in [0.29, 0.717) is 11.1 Å². The molecule has 6 heterocycles. The number of phenols is 3. The number of phenolic OH excluding ortho intramolecular Hbond substituents is 3. The number of nitrogens with two attached hydrogens (primary N) is 1. The van der Waals surface area contributed by atoms with Crippen LogP contribution >= 0.6 is 23.2 Å². The fraction of sp³-hybridized carbons (Fsp3) is 0.381. The smallest absolute Gasteiger partial charge is 0.409 e. The Bertz CT molecular complexity index is 3780. The van der Waals surface area contributed by atoms with Crippen LogP contribution < -0.4 is 41.8 Å². The number of aromatic hydroxyl groups is 3. The lowest BCUT2D eigenvalue weighted by Gasteiger charge is -2.33. The molecule has 6 aliphatic heterocycles. The van der Waals surface area contributed by atoms with Gasteiger partial charge in [0.1, 0.15) is 59.3 Å². The number of nitrogens with zero attached hydrogens (tertiary/aromatic N) is 1. The number of carbonyl (C=O) groups excluding carboxylic acids is 8. The summed E-state index contributed by atoms with van der Waals surface area (Å²) >= 11 is 14.2. The summed E-state index contributed by atoms with van der Waals surface area (Å²) in [6, 6.07) is 5.05. The number of carbonyl (C=O) groups is 9. The fourth-order valence-corrected chi connectivity index (χ4v) is 12.1. The summed E-state index contributed by atoms with van der Waals surface area (Å²) in [4.78, 5) is 130. The summed E-state index contributed by atoms with van der Waals surface area (Å²) in [5.74, 6) is -14.3. The van der Waals surface area contributed by atoms with Crippen molar-refractivity contribution in [3.63, 3.8) is 0 Å². The number of likely N-dealkylation sites (N-methyl/N-ethyl adjacent to an activating group) is 1. The first-order valence-corrected chi connectivity index (χ1v) is 29.8. The molecule has 0 aliphatic carbocycles. The topological polar surface area (TPSA) is 422 Å². The zero-order chi connectivity index (χ0) is 66.7. The largest absolute Gasteiger partial charge is 0.508 e. The molecule has 0 aromatic heterocycles. The maximum absolute atomic E-state index is 15.9. The Balaban J connectivity index is 1.29. The van der Waals surface area contributed by atoms with Gasteiger partial charge in [-0.05, 0) is 88.7 Å². The Kier molecular flexibility index (Phi) is 20.5. The summed E-state index contributed by atoms with van der Waals surface area (Å²) in [5.41, 5.74) is 4.94. The fourth-order valence-electron chi connectivity index (χ4n) is 11.6. The normalized spacial score (nSPS) is 23.7. The zero-order valence-electron chi connectivity index (χ0n) is 49.8. The van der Waals surface area contributed by atoms with Crippen LogP contribution in [-0.4, -0.2) is 157 Å². The number of carboxylic acids is 1. The highest BCUT2D eigenvalue weighted by Gasteiger charge is 2.42. The zero-order valence-corrected chi connectivity index (χ0v) is 51.3. The molecule has 14 N–H and O–H groups in total. The van der Waals surface area contributed by atoms with Gasteiger partial charge in [0, 0.05) is 72.5 Å². The van der Waals surface area contributed by atoms with Crippen LogP contribution in [0.1, 0.15) is 109 Å². The number of methoxy groups -OCH3 is 1. The minimum Gasteiger partial charge on any atom is -0.508 e. The Morgan fingerprint density at radius 3 is 2.20 bits per heavy atom. The van der Waals surface area contributed by atoms with Gasteiger partial charge in [0.2, 0.25) is 41.7 Å². The van der Waals surface area contributed by atoms with Crippen molar-refractivity contribution in [2.75, 3.05) is 20.8 Å². The van der Waals surface area contributed by atoms with Crippen molar-refractivity contribution in [1.82, 2.24) is 31.5 Å². The van der Waals surface area contributed by atoms with Gasteiger partial charge in [0.15, 0.2) is 23.3 Å². The van der Waals surface area contributed by atoms with E-state index in [-0.39, 0.29) is 86.7 Å². The number of carboxylic acid groups (broad SMARTS) is 1. The van der Waals surface area contributed by atoms with Gasteiger partial charge in [-0.25, -0.2) is 9.59 Å². The van der Waals surface area contributed by atoms with Crippen molar-refractivity contribution in [2.45, 2.75) is 126 Å². The number of rotatable bonds is 11. The van der Waals surface area contributed by atoms with Crippen LogP contribution in [0.3, 0.4) is 0 Å². The van der Waals surface area contributed by atoms with Crippen LogP contribution in [0, 0.1) is 5.92 Å². The van der Waals surface area contributed by atoms with E-state index in [0.717, 1.165) is 30.2 Å². The van der Waals surface area contributed by atoms with E-state index in [1.807, 2.05) is 0 Å². The molecule has 1 fully saturated rings. The number of aliphatic hydroxyl groups is 3. The Morgan fingerprint density at radius 2 is 1.52 bits per heavy atom. The summed E-state index contributed by atoms with van der Waals surface area (Å²) in [5, 5.41) is 90.2. The molecule has 27 nitrogen and oxygen atoms in total. The van der Waals surface area contributed by atoms with Crippen molar-refractivity contribution in [2.24, 2.45) is 11.7 Å². The van der Waals surface area contributed by atoms with Gasteiger partial charge in [-0.2, -0.15) is 0 Å². The van der Waals surface area contributed by atoms with Crippen LogP contribution in [0.5, 0.6) is 34.5 Å². The predicted octanol–water partition coefficient (Wildman–Crippen LogP) is 3.60. The van der Waals surface area contributed by atoms with E-state index in [4.69, 9.17) is 47.9 Å². The van der Waals surface area contributed by atoms with Crippen molar-refractivity contribution < 1.29 is 97.8 Å². The second kappa shape index (κ2) is 28.1. The second-order valence-corrected chi connectivity index (χ2v) is 24.1. The van der Waals surface area contributed by atoms with Crippen LogP contribution in [0.15, 0.2) is 78.9 Å². The standard InChI is InChI=1S/C63H67Cl2N7O20/c1-26(2)11-43(72(3)63(88)89-4)60(84)71-54-55(80)30-8-10-47(40(65)17-30)91-48-18-31-15-32(56(48)92-50-22-33(74)19-35(25-73)90-50)14-29-6-5-27(12-39(29)64)13-41-58(82)70-53(62(86)87)38-20-34(75)21-45(77)51(38)37-16-28(7-9-44(37)76)36(57(81)67-41)23-46(78)52(31)69-59(83)42(24-49(66)79)68-61(54)85/h5-10,12,15-18,20-21,26,33,35-36,41-43,50,52-55,73-77,80H,11,13-14,19,22-25H2,1-4H3,(H2,66,79)(H,67,81)(H,68,85)(H,69,83)(H,70,82)(H,71,84)(H,86,87)/t33-,35-,36+,41-,42-,43+,50-,52+,53+,54+,55+/m0/s1. The first-order chi connectivity index (χ1) is 43.6. The van der Waals surface area contributed by atoms with E-state index in [9.17, 15) is 64.5 Å². The SMILES string of the molecule is COC(=O)N(C)[C@H](CC(C)C)C(=O)N[C@H]1C(=O)N[C@@H](CC(N)=O)C(=O)N[C@H]2C(=O)C[C@H]3C(=O)N[C@@H](Cc4ccc(c(Cl)c4)Cc4cc2cc(c4O[C@H]2C[C@@H](O)C[C@@H](CO)O2)Oc2ccc(cc2Cl)[C@H]1O)C(=O)N[C@@H](C(=O)O)c1cc(O)cc(O)c1-c1cc3ccc1O. The molecule has 0 spiro atoms. The van der Waals surface area contributed by atoms with Gasteiger partial charge in [-0.15, -0.1) is 0 Å². The molecule has 11 bridgehead atoms. The van der Waals surface area contributed by atoms with E-state index in [1.54, 1.807) is 26.0 Å². The van der Waals surface area contributed by atoms with Crippen LogP contribution in [-0.2, 0) is 60.7 Å². The van der Waals surface area contributed by atoms with Crippen molar-refractivity contribution >= 4 is 76.5 Å². The van der Waals surface area contributed by atoms with Crippen LogP contribution in [0.2, 0.25) is 10.0 Å². The number of hydrogen-bond acceptors (Lipinski definition) is 19. The van der Waals surface area contributed by atoms with Gasteiger partial charge >= 0.3 is 12.1 Å². The lowest BCUT2D eigenvalue weighted by molar-refractivity contribution is -0.185. The maximum atomic E-state index is 15.9. The first kappa shape index (κ1) is 67.2. The van der Waals surface area contributed by atoms with Gasteiger partial charge in [-0.3, -0.25) is 38.5 Å². The number of ketones is 1. The lowest BCUT2D eigenvalue weighted by Crippen LogP contribution is -2.59. The molecule has 5 aromatic carbocycles. The molecule has 7 amide bonds. The quantitative estimate of drug-likeness (QED) is 0.0898. The molecular weight excluding hydrogens is 1250 g/mol. The Hall–Kier alpha value is -9.25. The van der Waals surface area contributed by atoms with Crippen molar-refractivity contribution in [3.05, 3.63) is 128 Å². The van der Waals surface area contributed by atoms with Gasteiger partial charge in [0.05, 0.1) is 43.3 Å². The highest BCUT2D eigenvalue weighted by Crippen LogP contribution is 2.47. The van der Waals surface area contributed by atoms with Gasteiger partial charge in [-0.1, -0.05) is 61.3 Å². The number of amides is 7. The number of benzene rings is 5. The second-order valence-electron chi connectivity index (χ2n) is 23.3. The highest BCUT2D eigenvalue weighted by atomic mass is 35.5. The predicted molar refractivity (Wildman–Crippen MR) is 324 cm³/mol. The Labute approximate surface area is 535 Å². The third kappa shape index (κ3) is 14.9. The minimum atomic E-state index is -2.08. The molecular formula is C63H67Cl2N7O20. The summed E-state index contributed by atoms with van der Waals surface area (Å²) < 4.78 is 24.2. The molecule has 11 atom stereocenters. The maximum Gasteiger partial charge on any atom is 0.409 e. The molecule has 488 valence electrons. The summed E-state index contributed by atoms with van der Waals surface area (Å²) in [7, 11) is 2.36. The van der Waals surface area contributed by atoms with E-state index in [1.165, 1.54) is 55.6 Å². The van der Waals surface area contributed by atoms with Gasteiger partial charge < -0.3 is 87.0 Å². The molecule has 1 saturated heterocycles.